The van der Waals surface area contributed by atoms with E-state index < -0.39 is 11.8 Å². The summed E-state index contributed by atoms with van der Waals surface area (Å²) in [4.78, 5) is 25.8. The molecule has 0 bridgehead atoms. The van der Waals surface area contributed by atoms with Crippen molar-refractivity contribution in [3.05, 3.63) is 45.6 Å². The van der Waals surface area contributed by atoms with E-state index in [2.05, 4.69) is 26.1 Å². The summed E-state index contributed by atoms with van der Waals surface area (Å²) < 4.78 is 0.721. The molecule has 2 amide bonds. The average Bonchev–Trinajstić information content (AvgIpc) is 2.95. The Bertz CT molecular complexity index is 771. The van der Waals surface area contributed by atoms with Gasteiger partial charge in [-0.15, -0.1) is 0 Å². The largest absolute Gasteiger partial charge is 0.389 e. The van der Waals surface area contributed by atoms with Gasteiger partial charge in [0.2, 0.25) is 0 Å². The van der Waals surface area contributed by atoms with Crippen LogP contribution in [0.1, 0.15) is 26.3 Å². The Labute approximate surface area is 127 Å². The molecule has 20 heavy (non-hydrogen) atoms. The van der Waals surface area contributed by atoms with Gasteiger partial charge < -0.3 is 5.73 Å². The van der Waals surface area contributed by atoms with Crippen molar-refractivity contribution in [2.45, 2.75) is 0 Å². The van der Waals surface area contributed by atoms with E-state index in [1.165, 1.54) is 6.20 Å². The van der Waals surface area contributed by atoms with Gasteiger partial charge in [-0.1, -0.05) is 28.1 Å². The van der Waals surface area contributed by atoms with Crippen LogP contribution in [0.2, 0.25) is 0 Å². The molecular formula is C12H7BrN4O2S. The second kappa shape index (κ2) is 4.50. The molecule has 0 radical (unpaired) electrons. The molecule has 0 fully saturated rings. The summed E-state index contributed by atoms with van der Waals surface area (Å²) in [6.07, 6.45) is 1.39. The molecule has 3 rings (SSSR count). The molecule has 3 N–H and O–H groups in total. The Kier molecular flexibility index (Phi) is 2.91. The Morgan fingerprint density at radius 2 is 2.00 bits per heavy atom. The number of imide groups is 1. The number of amides is 2. The predicted molar refractivity (Wildman–Crippen MR) is 79.8 cm³/mol. The highest BCUT2D eigenvalue weighted by Crippen LogP contribution is 2.30. The number of nitrogens with one attached hydrogen (secondary N) is 1. The van der Waals surface area contributed by atoms with E-state index in [1.54, 1.807) is 18.2 Å². The zero-order valence-corrected chi connectivity index (χ0v) is 12.3. The maximum absolute atomic E-state index is 12.4. The second-order valence-corrected chi connectivity index (χ2v) is 5.49. The van der Waals surface area contributed by atoms with Crippen molar-refractivity contribution >= 4 is 50.8 Å². The molecule has 8 heteroatoms. The van der Waals surface area contributed by atoms with Gasteiger partial charge in [0, 0.05) is 4.47 Å². The number of hydrogen-bond donors (Lipinski definition) is 2. The summed E-state index contributed by atoms with van der Waals surface area (Å²) in [5, 5.41) is 6.38. The Balaban J connectivity index is 2.14. The molecule has 2 aromatic rings. The number of H-pyrrole nitrogens is 1. The van der Waals surface area contributed by atoms with E-state index in [9.17, 15) is 9.59 Å². The number of thiocarbonyl (C=S) groups is 1. The Morgan fingerprint density at radius 1 is 1.30 bits per heavy atom. The molecule has 1 aliphatic heterocycles. The number of carbonyl (C=O) groups excluding carboxylic acids is 2. The van der Waals surface area contributed by atoms with Crippen LogP contribution >= 0.6 is 28.1 Å². The lowest BCUT2D eigenvalue weighted by Crippen LogP contribution is -2.31. The van der Waals surface area contributed by atoms with Gasteiger partial charge in [0.05, 0.1) is 22.9 Å². The van der Waals surface area contributed by atoms with E-state index in [1.807, 2.05) is 0 Å². The fraction of sp³-hybridized carbons (Fsp3) is 0. The van der Waals surface area contributed by atoms with E-state index >= 15 is 0 Å². The molecule has 1 aliphatic rings. The molecule has 1 aromatic heterocycles. The molecule has 2 heterocycles. The maximum atomic E-state index is 12.4. The standard InChI is InChI=1S/C12H7BrN4O2S/c13-5-1-2-6-7(3-5)12(19)17(11(6)18)10-8(9(14)20)4-15-16-10/h1-4H,(H2,14,20)(H,15,16). The van der Waals surface area contributed by atoms with Gasteiger partial charge in [0.1, 0.15) is 10.8 Å². The average molecular weight is 351 g/mol. The van der Waals surface area contributed by atoms with E-state index in [-0.39, 0.29) is 10.8 Å². The van der Waals surface area contributed by atoms with E-state index in [0.717, 1.165) is 9.37 Å². The summed E-state index contributed by atoms with van der Waals surface area (Å²) in [7, 11) is 0. The van der Waals surface area contributed by atoms with E-state index in [0.29, 0.717) is 16.7 Å². The molecule has 0 saturated carbocycles. The second-order valence-electron chi connectivity index (χ2n) is 4.13. The number of nitrogens with zero attached hydrogens (tertiary/aromatic N) is 2. The third-order valence-electron chi connectivity index (χ3n) is 2.96. The van der Waals surface area contributed by atoms with Crippen molar-refractivity contribution in [3.63, 3.8) is 0 Å². The van der Waals surface area contributed by atoms with Crippen LogP contribution in [0.5, 0.6) is 0 Å². The molecule has 100 valence electrons. The van der Waals surface area contributed by atoms with Crippen LogP contribution in [0.25, 0.3) is 0 Å². The monoisotopic (exact) mass is 350 g/mol. The number of aromatic amines is 1. The van der Waals surface area contributed by atoms with Gasteiger partial charge in [-0.05, 0) is 18.2 Å². The molecule has 0 spiro atoms. The SMILES string of the molecule is NC(=S)c1cn[nH]c1N1C(=O)c2ccc(Br)cc2C1=O. The van der Waals surface area contributed by atoms with Crippen molar-refractivity contribution in [1.82, 2.24) is 10.2 Å². The third kappa shape index (κ3) is 1.76. The van der Waals surface area contributed by atoms with Crippen LogP contribution in [0, 0.1) is 0 Å². The highest BCUT2D eigenvalue weighted by molar-refractivity contribution is 9.10. The normalized spacial score (nSPS) is 13.8. The van der Waals surface area contributed by atoms with Gasteiger partial charge >= 0.3 is 0 Å². The quantitative estimate of drug-likeness (QED) is 0.634. The first-order valence-electron chi connectivity index (χ1n) is 5.52. The van der Waals surface area contributed by atoms with Gasteiger partial charge in [-0.3, -0.25) is 14.7 Å². The third-order valence-corrected chi connectivity index (χ3v) is 3.67. The number of anilines is 1. The summed E-state index contributed by atoms with van der Waals surface area (Å²) in [6.45, 7) is 0. The van der Waals surface area contributed by atoms with Crippen molar-refractivity contribution < 1.29 is 9.59 Å². The van der Waals surface area contributed by atoms with Crippen molar-refractivity contribution in [1.29, 1.82) is 0 Å². The predicted octanol–water partition coefficient (Wildman–Crippen LogP) is 1.61. The van der Waals surface area contributed by atoms with Crippen LogP contribution < -0.4 is 10.6 Å². The summed E-state index contributed by atoms with van der Waals surface area (Å²) in [5.74, 6) is -0.674. The topological polar surface area (TPSA) is 92.1 Å². The van der Waals surface area contributed by atoms with Crippen molar-refractivity contribution in [3.8, 4) is 0 Å². The number of fused-ring (bicyclic) bond motifs is 1. The number of benzene rings is 1. The zero-order chi connectivity index (χ0) is 14.4. The summed E-state index contributed by atoms with van der Waals surface area (Å²) in [6, 6.07) is 4.90. The minimum Gasteiger partial charge on any atom is -0.389 e. The number of hydrogen-bond acceptors (Lipinski definition) is 4. The zero-order valence-electron chi connectivity index (χ0n) is 9.88. The molecule has 1 aromatic carbocycles. The van der Waals surface area contributed by atoms with Gasteiger partial charge in [0.25, 0.3) is 11.8 Å². The smallest absolute Gasteiger partial charge is 0.267 e. The van der Waals surface area contributed by atoms with Crippen LogP contribution in [0.15, 0.2) is 28.9 Å². The first-order valence-corrected chi connectivity index (χ1v) is 6.72. The lowest BCUT2D eigenvalue weighted by atomic mass is 10.1. The lowest BCUT2D eigenvalue weighted by molar-refractivity contribution is 0.0925. The minimum atomic E-state index is -0.437. The molecular weight excluding hydrogens is 344 g/mol. The lowest BCUT2D eigenvalue weighted by Gasteiger charge is -2.12. The number of aromatic nitrogens is 2. The Morgan fingerprint density at radius 3 is 2.70 bits per heavy atom. The van der Waals surface area contributed by atoms with Crippen LogP contribution in [0.4, 0.5) is 5.82 Å². The number of carbonyl (C=O) groups is 2. The van der Waals surface area contributed by atoms with Crippen LogP contribution in [-0.2, 0) is 0 Å². The van der Waals surface area contributed by atoms with Crippen molar-refractivity contribution in [2.75, 3.05) is 4.90 Å². The molecule has 0 saturated heterocycles. The fourth-order valence-corrected chi connectivity index (χ4v) is 2.56. The first-order chi connectivity index (χ1) is 9.50. The first kappa shape index (κ1) is 12.9. The fourth-order valence-electron chi connectivity index (χ4n) is 2.05. The molecule has 0 unspecified atom stereocenters. The van der Waals surface area contributed by atoms with Crippen LogP contribution in [-0.4, -0.2) is 27.0 Å². The number of halogens is 1. The maximum Gasteiger partial charge on any atom is 0.267 e. The highest BCUT2D eigenvalue weighted by Gasteiger charge is 2.38. The minimum absolute atomic E-state index is 0.0616. The molecule has 0 aliphatic carbocycles. The summed E-state index contributed by atoms with van der Waals surface area (Å²) in [5.41, 5.74) is 6.58. The Hall–Kier alpha value is -2.06. The van der Waals surface area contributed by atoms with Gasteiger partial charge in [0.15, 0.2) is 0 Å². The highest BCUT2D eigenvalue weighted by atomic mass is 79.9. The van der Waals surface area contributed by atoms with Crippen molar-refractivity contribution in [2.24, 2.45) is 5.73 Å². The van der Waals surface area contributed by atoms with Crippen LogP contribution in [0.3, 0.4) is 0 Å². The number of nitrogens with two attached hydrogens (primary N) is 1. The van der Waals surface area contributed by atoms with E-state index in [4.69, 9.17) is 18.0 Å². The summed E-state index contributed by atoms with van der Waals surface area (Å²) >= 11 is 8.16. The molecule has 6 nitrogen and oxygen atoms in total. The van der Waals surface area contributed by atoms with Gasteiger partial charge in [-0.25, -0.2) is 4.90 Å². The number of rotatable bonds is 2. The van der Waals surface area contributed by atoms with Gasteiger partial charge in [-0.2, -0.15) is 5.10 Å². The molecule has 0 atom stereocenters.